The summed E-state index contributed by atoms with van der Waals surface area (Å²) in [5.74, 6) is -0.498. The Labute approximate surface area is 165 Å². The summed E-state index contributed by atoms with van der Waals surface area (Å²) in [6.45, 7) is 5.51. The zero-order valence-corrected chi connectivity index (χ0v) is 17.3. The number of hydrogen-bond acceptors (Lipinski definition) is 4. The van der Waals surface area contributed by atoms with E-state index in [-0.39, 0.29) is 22.9 Å². The van der Waals surface area contributed by atoms with Gasteiger partial charge >= 0.3 is 0 Å². The van der Waals surface area contributed by atoms with E-state index in [0.717, 1.165) is 5.56 Å². The van der Waals surface area contributed by atoms with Gasteiger partial charge in [0.15, 0.2) is 0 Å². The summed E-state index contributed by atoms with van der Waals surface area (Å²) in [7, 11) is -1.98. The molecule has 0 heterocycles. The molecule has 0 aromatic heterocycles. The van der Waals surface area contributed by atoms with Crippen molar-refractivity contribution >= 4 is 27.5 Å². The van der Waals surface area contributed by atoms with E-state index in [1.54, 1.807) is 44.0 Å². The molecular weight excluding hydrogens is 378 g/mol. The van der Waals surface area contributed by atoms with Gasteiger partial charge in [-0.25, -0.2) is 13.1 Å². The molecule has 0 spiro atoms. The number of benzene rings is 2. The second-order valence-electron chi connectivity index (χ2n) is 6.46. The summed E-state index contributed by atoms with van der Waals surface area (Å²) in [6.07, 6.45) is 0. The highest BCUT2D eigenvalue weighted by Crippen LogP contribution is 2.21. The smallest absolute Gasteiger partial charge is 0.255 e. The molecule has 0 fully saturated rings. The van der Waals surface area contributed by atoms with Crippen LogP contribution in [0.25, 0.3) is 0 Å². The van der Waals surface area contributed by atoms with Gasteiger partial charge in [-0.15, -0.1) is 0 Å². The fourth-order valence-corrected chi connectivity index (χ4v) is 3.69. The number of sulfonamides is 1. The molecule has 0 unspecified atom stereocenters. The number of carbonyl (C=O) groups is 2. The van der Waals surface area contributed by atoms with Crippen LogP contribution in [0.2, 0.25) is 0 Å². The Balaban J connectivity index is 2.33. The maximum Gasteiger partial charge on any atom is 0.255 e. The molecule has 0 aliphatic carbocycles. The first-order valence-electron chi connectivity index (χ1n) is 8.87. The molecule has 2 aromatic rings. The fourth-order valence-electron chi connectivity index (χ4n) is 2.62. The Bertz CT molecular complexity index is 987. The van der Waals surface area contributed by atoms with Crippen LogP contribution in [0, 0.1) is 6.92 Å². The molecule has 28 heavy (non-hydrogen) atoms. The highest BCUT2D eigenvalue weighted by atomic mass is 32.2. The van der Waals surface area contributed by atoms with Gasteiger partial charge in [0.2, 0.25) is 15.9 Å². The third kappa shape index (κ3) is 5.17. The van der Waals surface area contributed by atoms with E-state index in [1.165, 1.54) is 19.1 Å². The predicted molar refractivity (Wildman–Crippen MR) is 109 cm³/mol. The number of anilines is 1. The maximum absolute atomic E-state index is 12.8. The van der Waals surface area contributed by atoms with E-state index in [9.17, 15) is 18.0 Å². The van der Waals surface area contributed by atoms with Gasteiger partial charge < -0.3 is 10.2 Å². The van der Waals surface area contributed by atoms with Crippen molar-refractivity contribution in [2.45, 2.75) is 32.2 Å². The van der Waals surface area contributed by atoms with Gasteiger partial charge in [0, 0.05) is 38.3 Å². The third-order valence-corrected chi connectivity index (χ3v) is 5.85. The molecule has 0 saturated carbocycles. The van der Waals surface area contributed by atoms with Crippen LogP contribution in [-0.4, -0.2) is 38.7 Å². The van der Waals surface area contributed by atoms with E-state index in [0.29, 0.717) is 17.8 Å². The molecular formula is C20H25N3O4S. The van der Waals surface area contributed by atoms with Gasteiger partial charge in [0.05, 0.1) is 4.90 Å². The minimum Gasteiger partial charge on any atom is -0.342 e. The van der Waals surface area contributed by atoms with Crippen LogP contribution < -0.4 is 10.0 Å². The lowest BCUT2D eigenvalue weighted by atomic mass is 10.1. The largest absolute Gasteiger partial charge is 0.342 e. The summed E-state index contributed by atoms with van der Waals surface area (Å²) >= 11 is 0. The van der Waals surface area contributed by atoms with Gasteiger partial charge in [-0.3, -0.25) is 9.59 Å². The highest BCUT2D eigenvalue weighted by molar-refractivity contribution is 7.89. The second-order valence-corrected chi connectivity index (χ2v) is 8.23. The number of para-hydroxylation sites is 1. The molecule has 2 amide bonds. The minimum atomic E-state index is -3.66. The van der Waals surface area contributed by atoms with Crippen molar-refractivity contribution in [3.63, 3.8) is 0 Å². The average molecular weight is 404 g/mol. The molecule has 0 aliphatic rings. The number of carbonyl (C=O) groups excluding carboxylic acids is 2. The fraction of sp³-hybridized carbons (Fsp3) is 0.300. The monoisotopic (exact) mass is 403 g/mol. The first-order valence-corrected chi connectivity index (χ1v) is 10.3. The number of hydrogen-bond donors (Lipinski definition) is 2. The molecule has 0 atom stereocenters. The van der Waals surface area contributed by atoms with Gasteiger partial charge in [-0.1, -0.05) is 31.2 Å². The maximum atomic E-state index is 12.8. The zero-order valence-electron chi connectivity index (χ0n) is 16.4. The standard InChI is InChI=1S/C20H25N3O4S/c1-5-21-28(26,27)17-11-10-14(2)18(12-17)20(25)22-19-9-7-6-8-16(19)13-23(4)15(3)24/h6-12,21H,5,13H2,1-4H3,(H,22,25). The minimum absolute atomic E-state index is 0.0368. The van der Waals surface area contributed by atoms with Gasteiger partial charge in [0.1, 0.15) is 0 Å². The van der Waals surface area contributed by atoms with E-state index in [1.807, 2.05) is 12.1 Å². The van der Waals surface area contributed by atoms with Gasteiger partial charge in [-0.05, 0) is 36.2 Å². The molecule has 2 rings (SSSR count). The normalized spacial score (nSPS) is 11.1. The number of aryl methyl sites for hydroxylation is 1. The van der Waals surface area contributed by atoms with Crippen LogP contribution >= 0.6 is 0 Å². The van der Waals surface area contributed by atoms with E-state index < -0.39 is 15.9 Å². The van der Waals surface area contributed by atoms with E-state index >= 15 is 0 Å². The zero-order chi connectivity index (χ0) is 20.9. The topological polar surface area (TPSA) is 95.6 Å². The molecule has 150 valence electrons. The molecule has 0 aliphatic heterocycles. The van der Waals surface area contributed by atoms with Crippen molar-refractivity contribution in [2.24, 2.45) is 0 Å². The van der Waals surface area contributed by atoms with E-state index in [4.69, 9.17) is 0 Å². The Hall–Kier alpha value is -2.71. The lowest BCUT2D eigenvalue weighted by molar-refractivity contribution is -0.128. The summed E-state index contributed by atoms with van der Waals surface area (Å²) in [5.41, 5.74) is 2.28. The molecule has 0 saturated heterocycles. The Morgan fingerprint density at radius 2 is 1.79 bits per heavy atom. The average Bonchev–Trinajstić information content (AvgIpc) is 2.63. The first kappa shape index (κ1) is 21.6. The third-order valence-electron chi connectivity index (χ3n) is 4.31. The van der Waals surface area contributed by atoms with Gasteiger partial charge in [-0.2, -0.15) is 0 Å². The first-order chi connectivity index (χ1) is 13.2. The molecule has 0 radical (unpaired) electrons. The van der Waals surface area contributed by atoms with Crippen LogP contribution in [0.1, 0.15) is 35.3 Å². The lowest BCUT2D eigenvalue weighted by Gasteiger charge is -2.18. The van der Waals surface area contributed by atoms with Crippen molar-refractivity contribution in [3.05, 3.63) is 59.2 Å². The Morgan fingerprint density at radius 1 is 1.11 bits per heavy atom. The van der Waals surface area contributed by atoms with Crippen LogP contribution in [0.3, 0.4) is 0 Å². The molecule has 7 nitrogen and oxygen atoms in total. The van der Waals surface area contributed by atoms with Crippen molar-refractivity contribution in [3.8, 4) is 0 Å². The Morgan fingerprint density at radius 3 is 2.43 bits per heavy atom. The quantitative estimate of drug-likeness (QED) is 0.743. The summed E-state index contributed by atoms with van der Waals surface area (Å²) in [6, 6.07) is 11.6. The molecule has 8 heteroatoms. The number of amides is 2. The van der Waals surface area contributed by atoms with Crippen LogP contribution in [0.15, 0.2) is 47.4 Å². The number of nitrogens with one attached hydrogen (secondary N) is 2. The highest BCUT2D eigenvalue weighted by Gasteiger charge is 2.18. The molecule has 2 N–H and O–H groups in total. The van der Waals surface area contributed by atoms with E-state index in [2.05, 4.69) is 10.0 Å². The van der Waals surface area contributed by atoms with Crippen LogP contribution in [0.4, 0.5) is 5.69 Å². The van der Waals surface area contributed by atoms with Gasteiger partial charge in [0.25, 0.3) is 5.91 Å². The summed E-state index contributed by atoms with van der Waals surface area (Å²) in [5, 5.41) is 2.83. The van der Waals surface area contributed by atoms with Crippen LogP contribution in [-0.2, 0) is 21.4 Å². The van der Waals surface area contributed by atoms with Crippen molar-refractivity contribution in [1.29, 1.82) is 0 Å². The van der Waals surface area contributed by atoms with Crippen molar-refractivity contribution in [1.82, 2.24) is 9.62 Å². The molecule has 0 bridgehead atoms. The SMILES string of the molecule is CCNS(=O)(=O)c1ccc(C)c(C(=O)Nc2ccccc2CN(C)C(C)=O)c1. The second kappa shape index (κ2) is 8.99. The predicted octanol–water partition coefficient (Wildman–Crippen LogP) is 2.52. The number of rotatable bonds is 7. The van der Waals surface area contributed by atoms with Crippen molar-refractivity contribution < 1.29 is 18.0 Å². The van der Waals surface area contributed by atoms with Crippen LogP contribution in [0.5, 0.6) is 0 Å². The summed E-state index contributed by atoms with van der Waals surface area (Å²) in [4.78, 5) is 25.9. The van der Waals surface area contributed by atoms with Crippen molar-refractivity contribution in [2.75, 3.05) is 18.9 Å². The Kier molecular flexibility index (Phi) is 6.93. The lowest BCUT2D eigenvalue weighted by Crippen LogP contribution is -2.25. The molecule has 2 aromatic carbocycles. The number of nitrogens with zero attached hydrogens (tertiary/aromatic N) is 1. The summed E-state index contributed by atoms with van der Waals surface area (Å²) < 4.78 is 26.9.